The van der Waals surface area contributed by atoms with Crippen molar-refractivity contribution in [3.8, 4) is 0 Å². The van der Waals surface area contributed by atoms with Crippen LogP contribution in [-0.4, -0.2) is 58.0 Å². The first-order valence-corrected chi connectivity index (χ1v) is 11.9. The molecule has 0 radical (unpaired) electrons. The van der Waals surface area contributed by atoms with Crippen LogP contribution >= 0.6 is 24.0 Å². The van der Waals surface area contributed by atoms with E-state index in [4.69, 9.17) is 0 Å². The fraction of sp³-hybridized carbons (Fsp3) is 0.667. The number of sulfone groups is 1. The van der Waals surface area contributed by atoms with Crippen molar-refractivity contribution in [2.75, 3.05) is 38.7 Å². The molecule has 0 saturated carbocycles. The predicted octanol–water partition coefficient (Wildman–Crippen LogP) is 3.60. The van der Waals surface area contributed by atoms with Gasteiger partial charge in [0.1, 0.15) is 9.84 Å². The maximum absolute atomic E-state index is 11.4. The summed E-state index contributed by atoms with van der Waals surface area (Å²) in [5, 5.41) is 3.46. The van der Waals surface area contributed by atoms with E-state index in [1.54, 1.807) is 0 Å². The van der Waals surface area contributed by atoms with E-state index >= 15 is 0 Å². The van der Waals surface area contributed by atoms with E-state index in [-0.39, 0.29) is 35.1 Å². The van der Waals surface area contributed by atoms with Gasteiger partial charge in [-0.15, -0.1) is 24.0 Å². The summed E-state index contributed by atoms with van der Waals surface area (Å²) >= 11 is 0. The van der Waals surface area contributed by atoms with Crippen molar-refractivity contribution in [1.82, 2.24) is 10.2 Å². The van der Waals surface area contributed by atoms with Crippen LogP contribution in [0.3, 0.4) is 0 Å². The summed E-state index contributed by atoms with van der Waals surface area (Å²) < 4.78 is 22.9. The highest BCUT2D eigenvalue weighted by Crippen LogP contribution is 2.23. The number of benzene rings is 1. The molecular formula is C21H36IN3O2S. The van der Waals surface area contributed by atoms with Crippen molar-refractivity contribution in [2.24, 2.45) is 16.3 Å². The highest BCUT2D eigenvalue weighted by atomic mass is 127. The molecule has 160 valence electrons. The first kappa shape index (κ1) is 25.2. The van der Waals surface area contributed by atoms with Gasteiger partial charge in [0.25, 0.3) is 0 Å². The Labute approximate surface area is 188 Å². The van der Waals surface area contributed by atoms with Gasteiger partial charge in [-0.25, -0.2) is 8.42 Å². The number of hydrogen-bond acceptors (Lipinski definition) is 3. The molecule has 28 heavy (non-hydrogen) atoms. The summed E-state index contributed by atoms with van der Waals surface area (Å²) in [7, 11) is -1.10. The van der Waals surface area contributed by atoms with E-state index in [0.29, 0.717) is 6.42 Å². The zero-order valence-corrected chi connectivity index (χ0v) is 20.8. The normalized spacial score (nSPS) is 16.6. The Hall–Kier alpha value is -0.830. The Kier molecular flexibility index (Phi) is 10.2. The molecule has 5 nitrogen and oxygen atoms in total. The molecule has 1 N–H and O–H groups in total. The van der Waals surface area contributed by atoms with E-state index in [9.17, 15) is 8.42 Å². The monoisotopic (exact) mass is 521 g/mol. The average Bonchev–Trinajstić information content (AvgIpc) is 2.62. The van der Waals surface area contributed by atoms with Crippen LogP contribution in [0.15, 0.2) is 35.3 Å². The van der Waals surface area contributed by atoms with E-state index in [1.165, 1.54) is 24.7 Å². The summed E-state index contributed by atoms with van der Waals surface area (Å²) in [6.07, 6.45) is 5.45. The fourth-order valence-electron chi connectivity index (χ4n) is 3.50. The number of halogens is 1. The van der Waals surface area contributed by atoms with Gasteiger partial charge >= 0.3 is 0 Å². The lowest BCUT2D eigenvalue weighted by Gasteiger charge is -2.35. The van der Waals surface area contributed by atoms with Gasteiger partial charge in [-0.1, -0.05) is 44.2 Å². The van der Waals surface area contributed by atoms with Crippen molar-refractivity contribution < 1.29 is 8.42 Å². The average molecular weight is 522 g/mol. The molecule has 7 heteroatoms. The molecule has 0 atom stereocenters. The maximum atomic E-state index is 11.4. The number of nitrogens with one attached hydrogen (secondary N) is 1. The van der Waals surface area contributed by atoms with E-state index in [2.05, 4.69) is 59.4 Å². The fourth-order valence-corrected chi connectivity index (χ4v) is 4.42. The molecular weight excluding hydrogens is 485 g/mol. The lowest BCUT2D eigenvalue weighted by molar-refractivity contribution is 0.254. The van der Waals surface area contributed by atoms with Crippen LogP contribution in [0.4, 0.5) is 0 Å². The molecule has 1 aliphatic heterocycles. The lowest BCUT2D eigenvalue weighted by Crippen LogP contribution is -2.48. The molecule has 1 aromatic rings. The van der Waals surface area contributed by atoms with E-state index in [0.717, 1.165) is 37.9 Å². The minimum Gasteiger partial charge on any atom is -0.356 e. The van der Waals surface area contributed by atoms with Gasteiger partial charge in [0, 0.05) is 32.9 Å². The smallest absolute Gasteiger partial charge is 0.193 e. The Balaban J connectivity index is 0.00000392. The first-order chi connectivity index (χ1) is 12.7. The lowest BCUT2D eigenvalue weighted by atomic mass is 9.89. The topological polar surface area (TPSA) is 61.8 Å². The van der Waals surface area contributed by atoms with E-state index < -0.39 is 9.84 Å². The highest BCUT2D eigenvalue weighted by molar-refractivity contribution is 14.0. The van der Waals surface area contributed by atoms with Crippen LogP contribution in [0, 0.1) is 11.3 Å². The molecule has 1 fully saturated rings. The number of hydrogen-bond donors (Lipinski definition) is 1. The summed E-state index contributed by atoms with van der Waals surface area (Å²) in [5.41, 5.74) is 1.33. The standard InChI is InChI=1S/C21H35N3O2S.HI/c1-21(2,12-15-27(4,25)26)17-23-20(22-3)24-13-10-19(11-14-24)16-18-8-6-5-7-9-18;/h5-9,19H,10-17H2,1-4H3,(H,22,23);1H. The number of likely N-dealkylation sites (tertiary alicyclic amines) is 1. The third-order valence-electron chi connectivity index (χ3n) is 5.37. The molecule has 0 amide bonds. The molecule has 0 bridgehead atoms. The van der Waals surface area contributed by atoms with Crippen LogP contribution in [0.2, 0.25) is 0 Å². The van der Waals surface area contributed by atoms with Crippen LogP contribution in [0.25, 0.3) is 0 Å². The third kappa shape index (κ3) is 9.11. The summed E-state index contributed by atoms with van der Waals surface area (Å²) in [6.45, 7) is 6.95. The van der Waals surface area contributed by atoms with Crippen molar-refractivity contribution in [3.05, 3.63) is 35.9 Å². The number of guanidine groups is 1. The van der Waals surface area contributed by atoms with Gasteiger partial charge in [0.05, 0.1) is 5.75 Å². The molecule has 1 heterocycles. The highest BCUT2D eigenvalue weighted by Gasteiger charge is 2.24. The van der Waals surface area contributed by atoms with Gasteiger partial charge in [-0.05, 0) is 42.6 Å². The number of rotatable bonds is 7. The summed E-state index contributed by atoms with van der Waals surface area (Å²) in [6, 6.07) is 10.7. The summed E-state index contributed by atoms with van der Waals surface area (Å²) in [5.74, 6) is 1.89. The predicted molar refractivity (Wildman–Crippen MR) is 129 cm³/mol. The quantitative estimate of drug-likeness (QED) is 0.339. The van der Waals surface area contributed by atoms with Gasteiger partial charge < -0.3 is 10.2 Å². The second-order valence-corrected chi connectivity index (χ2v) is 10.8. The van der Waals surface area contributed by atoms with Crippen LogP contribution in [-0.2, 0) is 16.3 Å². The molecule has 0 aromatic heterocycles. The first-order valence-electron chi connectivity index (χ1n) is 9.86. The van der Waals surface area contributed by atoms with Gasteiger partial charge in [-0.3, -0.25) is 4.99 Å². The molecule has 0 aliphatic carbocycles. The van der Waals surface area contributed by atoms with Crippen molar-refractivity contribution >= 4 is 39.8 Å². The Morgan fingerprint density at radius 1 is 1.21 bits per heavy atom. The molecule has 1 aromatic carbocycles. The Morgan fingerprint density at radius 2 is 1.82 bits per heavy atom. The summed E-state index contributed by atoms with van der Waals surface area (Å²) in [4.78, 5) is 6.77. The Morgan fingerprint density at radius 3 is 2.36 bits per heavy atom. The largest absolute Gasteiger partial charge is 0.356 e. The number of piperidine rings is 1. The van der Waals surface area contributed by atoms with Crippen LogP contribution in [0.1, 0.15) is 38.7 Å². The second-order valence-electron chi connectivity index (χ2n) is 8.57. The zero-order chi connectivity index (χ0) is 19.9. The van der Waals surface area contributed by atoms with Crippen LogP contribution < -0.4 is 5.32 Å². The second kappa shape index (κ2) is 11.4. The third-order valence-corrected chi connectivity index (χ3v) is 6.31. The van der Waals surface area contributed by atoms with Crippen molar-refractivity contribution in [2.45, 2.75) is 39.5 Å². The Bertz CT molecular complexity index is 712. The molecule has 0 unspecified atom stereocenters. The molecule has 1 saturated heterocycles. The van der Waals surface area contributed by atoms with Gasteiger partial charge in [0.2, 0.25) is 0 Å². The molecule has 1 aliphatic rings. The van der Waals surface area contributed by atoms with Gasteiger partial charge in [-0.2, -0.15) is 0 Å². The van der Waals surface area contributed by atoms with Gasteiger partial charge in [0.15, 0.2) is 5.96 Å². The van der Waals surface area contributed by atoms with Crippen LogP contribution in [0.5, 0.6) is 0 Å². The number of nitrogens with zero attached hydrogens (tertiary/aromatic N) is 2. The molecule has 2 rings (SSSR count). The molecule has 0 spiro atoms. The minimum atomic E-state index is -2.92. The number of aliphatic imine (C=N–C) groups is 1. The SMILES string of the molecule is CN=C(NCC(C)(C)CCS(C)(=O)=O)N1CCC(Cc2ccccc2)CC1.I. The zero-order valence-electron chi connectivity index (χ0n) is 17.6. The van der Waals surface area contributed by atoms with Crippen molar-refractivity contribution in [1.29, 1.82) is 0 Å². The van der Waals surface area contributed by atoms with E-state index in [1.807, 2.05) is 7.05 Å². The van der Waals surface area contributed by atoms with Crippen molar-refractivity contribution in [3.63, 3.8) is 0 Å². The maximum Gasteiger partial charge on any atom is 0.193 e. The minimum absolute atomic E-state index is 0.